The van der Waals surface area contributed by atoms with Gasteiger partial charge in [0, 0.05) is 0 Å². The van der Waals surface area contributed by atoms with E-state index in [-0.39, 0.29) is 14.9 Å². The summed E-state index contributed by atoms with van der Waals surface area (Å²) in [7, 11) is 12.4. The van der Waals surface area contributed by atoms with Crippen molar-refractivity contribution in [2.45, 2.75) is 5.41 Å². The van der Waals surface area contributed by atoms with Crippen molar-refractivity contribution in [2.24, 2.45) is 0 Å². The van der Waals surface area contributed by atoms with Crippen LogP contribution >= 0.6 is 0 Å². The number of rotatable bonds is 5. The van der Waals surface area contributed by atoms with Crippen molar-refractivity contribution in [3.8, 4) is 0 Å². The molecular formula is C9H23N3Si. The fraction of sp³-hybridized carbons (Fsp3) is 0.778. The van der Waals surface area contributed by atoms with Crippen LogP contribution in [0.15, 0.2) is 12.3 Å². The van der Waals surface area contributed by atoms with Gasteiger partial charge in [-0.05, 0) is 42.3 Å². The standard InChI is InChI=1S/C9H23N3Si/c1-8-13-9(10(2)3,11(4)5)12(6)7/h8H,1,13H2,2-7H3. The maximum absolute atomic E-state index is 3.87. The van der Waals surface area contributed by atoms with E-state index < -0.39 is 0 Å². The molecule has 0 N–H and O–H groups in total. The molecule has 0 aromatic carbocycles. The van der Waals surface area contributed by atoms with Crippen LogP contribution in [0.5, 0.6) is 0 Å². The zero-order valence-corrected chi connectivity index (χ0v) is 11.2. The van der Waals surface area contributed by atoms with E-state index in [1.54, 1.807) is 0 Å². The lowest BCUT2D eigenvalue weighted by molar-refractivity contribution is -0.0362. The predicted molar refractivity (Wildman–Crippen MR) is 62.5 cm³/mol. The van der Waals surface area contributed by atoms with Gasteiger partial charge in [0.05, 0.1) is 0 Å². The third-order valence-electron chi connectivity index (χ3n) is 2.57. The van der Waals surface area contributed by atoms with Crippen molar-refractivity contribution in [2.75, 3.05) is 42.3 Å². The lowest BCUT2D eigenvalue weighted by Gasteiger charge is -2.49. The summed E-state index contributed by atoms with van der Waals surface area (Å²) in [5, 5.41) is 0. The highest BCUT2D eigenvalue weighted by Gasteiger charge is 2.35. The summed E-state index contributed by atoms with van der Waals surface area (Å²) in [6, 6.07) is 0. The molecule has 0 unspecified atom stereocenters. The molecule has 0 fully saturated rings. The molecule has 0 radical (unpaired) electrons. The molecule has 0 rings (SSSR count). The first-order valence-electron chi connectivity index (χ1n) is 4.52. The molecule has 0 atom stereocenters. The van der Waals surface area contributed by atoms with E-state index in [0.29, 0.717) is 0 Å². The highest BCUT2D eigenvalue weighted by molar-refractivity contribution is 6.45. The van der Waals surface area contributed by atoms with E-state index in [2.05, 4.69) is 69.3 Å². The summed E-state index contributed by atoms with van der Waals surface area (Å²) in [5.74, 6) is 0. The van der Waals surface area contributed by atoms with Crippen LogP contribution < -0.4 is 0 Å². The molecule has 0 amide bonds. The smallest absolute Gasteiger partial charge is 0.111 e. The second kappa shape index (κ2) is 4.90. The fourth-order valence-corrected chi connectivity index (χ4v) is 3.42. The number of nitrogens with zero attached hydrogens (tertiary/aromatic N) is 3. The molecule has 0 aromatic heterocycles. The van der Waals surface area contributed by atoms with Gasteiger partial charge in [-0.25, -0.2) is 0 Å². The van der Waals surface area contributed by atoms with Crippen LogP contribution in [0.25, 0.3) is 0 Å². The van der Waals surface area contributed by atoms with E-state index in [9.17, 15) is 0 Å². The van der Waals surface area contributed by atoms with Crippen molar-refractivity contribution in [1.29, 1.82) is 0 Å². The molecule has 0 saturated carbocycles. The van der Waals surface area contributed by atoms with Crippen molar-refractivity contribution < 1.29 is 0 Å². The molecule has 0 spiro atoms. The average Bonchev–Trinajstić information content (AvgIpc) is 1.97. The van der Waals surface area contributed by atoms with E-state index >= 15 is 0 Å². The molecule has 0 aliphatic heterocycles. The van der Waals surface area contributed by atoms with E-state index in [1.807, 2.05) is 0 Å². The first-order chi connectivity index (χ1) is 5.89. The minimum Gasteiger partial charge on any atom is -0.283 e. The normalized spacial score (nSPS) is 13.9. The maximum Gasteiger partial charge on any atom is 0.111 e. The van der Waals surface area contributed by atoms with Gasteiger partial charge >= 0.3 is 0 Å². The Bertz CT molecular complexity index is 144. The van der Waals surface area contributed by atoms with E-state index in [0.717, 1.165) is 0 Å². The summed E-state index contributed by atoms with van der Waals surface area (Å²) in [6.07, 6.45) is 0. The third kappa shape index (κ3) is 2.40. The van der Waals surface area contributed by atoms with Crippen LogP contribution in [-0.2, 0) is 0 Å². The lowest BCUT2D eigenvalue weighted by Crippen LogP contribution is -2.67. The van der Waals surface area contributed by atoms with Gasteiger partial charge < -0.3 is 0 Å². The molecule has 0 aliphatic carbocycles. The Morgan fingerprint density at radius 1 is 0.923 bits per heavy atom. The summed E-state index contributed by atoms with van der Waals surface area (Å²) in [6.45, 7) is 3.87. The van der Waals surface area contributed by atoms with Crippen LogP contribution in [0.1, 0.15) is 0 Å². The number of hydrogen-bond acceptors (Lipinski definition) is 3. The van der Waals surface area contributed by atoms with Crippen LogP contribution in [0.2, 0.25) is 0 Å². The predicted octanol–water partition coefficient (Wildman–Crippen LogP) is -0.405. The van der Waals surface area contributed by atoms with Crippen LogP contribution in [0, 0.1) is 0 Å². The van der Waals surface area contributed by atoms with Crippen molar-refractivity contribution in [3.63, 3.8) is 0 Å². The Morgan fingerprint density at radius 3 is 1.31 bits per heavy atom. The molecule has 0 aliphatic rings. The Balaban J connectivity index is 4.92. The van der Waals surface area contributed by atoms with Crippen molar-refractivity contribution in [1.82, 2.24) is 14.7 Å². The monoisotopic (exact) mass is 201 g/mol. The molecule has 3 nitrogen and oxygen atoms in total. The van der Waals surface area contributed by atoms with Gasteiger partial charge in [0.1, 0.15) is 14.9 Å². The Morgan fingerprint density at radius 2 is 1.23 bits per heavy atom. The molecule has 0 bridgehead atoms. The van der Waals surface area contributed by atoms with Crippen LogP contribution in [-0.4, -0.2) is 71.9 Å². The van der Waals surface area contributed by atoms with Crippen molar-refractivity contribution in [3.05, 3.63) is 12.3 Å². The van der Waals surface area contributed by atoms with Gasteiger partial charge in [0.25, 0.3) is 0 Å². The molecule has 0 aromatic rings. The van der Waals surface area contributed by atoms with E-state index in [4.69, 9.17) is 0 Å². The Kier molecular flexibility index (Phi) is 4.84. The summed E-state index contributed by atoms with van der Waals surface area (Å²) in [4.78, 5) is 6.79. The molecule has 4 heteroatoms. The molecule has 13 heavy (non-hydrogen) atoms. The first kappa shape index (κ1) is 12.8. The Labute approximate surface area is 84.8 Å². The minimum atomic E-state index is -0.372. The molecule has 0 heterocycles. The van der Waals surface area contributed by atoms with Crippen molar-refractivity contribution >= 4 is 9.52 Å². The topological polar surface area (TPSA) is 9.72 Å². The van der Waals surface area contributed by atoms with Gasteiger partial charge in [0.2, 0.25) is 0 Å². The van der Waals surface area contributed by atoms with Crippen LogP contribution in [0.4, 0.5) is 0 Å². The summed E-state index contributed by atoms with van der Waals surface area (Å²) in [5.41, 5.74) is 2.17. The first-order valence-corrected chi connectivity index (χ1v) is 6.05. The highest BCUT2D eigenvalue weighted by atomic mass is 28.2. The fourth-order valence-electron chi connectivity index (χ4n) is 1.94. The summed E-state index contributed by atoms with van der Waals surface area (Å²) < 4.78 is 0. The molecule has 78 valence electrons. The van der Waals surface area contributed by atoms with Crippen LogP contribution in [0.3, 0.4) is 0 Å². The average molecular weight is 201 g/mol. The van der Waals surface area contributed by atoms with Gasteiger partial charge in [-0.2, -0.15) is 0 Å². The lowest BCUT2D eigenvalue weighted by atomic mass is 10.5. The summed E-state index contributed by atoms with van der Waals surface area (Å²) >= 11 is 0. The number of hydrogen-bond donors (Lipinski definition) is 0. The minimum absolute atomic E-state index is 0.0712. The third-order valence-corrected chi connectivity index (χ3v) is 5.30. The zero-order chi connectivity index (χ0) is 10.6. The van der Waals surface area contributed by atoms with Gasteiger partial charge in [-0.3, -0.25) is 14.7 Å². The van der Waals surface area contributed by atoms with E-state index in [1.165, 1.54) is 0 Å². The Hall–Kier alpha value is -0.163. The second-order valence-corrected chi connectivity index (χ2v) is 5.88. The van der Waals surface area contributed by atoms with Gasteiger partial charge in [-0.15, -0.1) is 12.3 Å². The van der Waals surface area contributed by atoms with Gasteiger partial charge in [-0.1, -0.05) is 0 Å². The highest BCUT2D eigenvalue weighted by Crippen LogP contribution is 2.16. The molecule has 0 saturated heterocycles. The maximum atomic E-state index is 3.87. The molecular weight excluding hydrogens is 178 g/mol. The largest absolute Gasteiger partial charge is 0.283 e. The zero-order valence-electron chi connectivity index (χ0n) is 9.83. The quantitative estimate of drug-likeness (QED) is 0.442. The second-order valence-electron chi connectivity index (χ2n) is 3.95. The SMILES string of the molecule is C=C[SiH2]C(N(C)C)(N(C)C)N(C)C. The van der Waals surface area contributed by atoms with Gasteiger partial charge in [0.15, 0.2) is 0 Å².